The highest BCUT2D eigenvalue weighted by Crippen LogP contribution is 2.23. The molecule has 6 heteroatoms. The van der Waals surface area contributed by atoms with E-state index in [2.05, 4.69) is 16.0 Å². The number of allylic oxidation sites excluding steroid dienone is 1. The largest absolute Gasteiger partial charge is 0.342 e. The van der Waals surface area contributed by atoms with E-state index in [1.54, 1.807) is 19.3 Å². The molecule has 1 saturated heterocycles. The Morgan fingerprint density at radius 1 is 1.15 bits per heavy atom. The van der Waals surface area contributed by atoms with E-state index in [-0.39, 0.29) is 17.9 Å². The van der Waals surface area contributed by atoms with Crippen molar-refractivity contribution in [1.29, 1.82) is 0 Å². The van der Waals surface area contributed by atoms with Gasteiger partial charge in [0, 0.05) is 57.0 Å². The first-order chi connectivity index (χ1) is 13.1. The average Bonchev–Trinajstić information content (AvgIpc) is 2.93. The van der Waals surface area contributed by atoms with Crippen LogP contribution in [0.5, 0.6) is 0 Å². The van der Waals surface area contributed by atoms with Gasteiger partial charge in [-0.25, -0.2) is 9.97 Å². The Bertz CT molecular complexity index is 674. The van der Waals surface area contributed by atoms with Gasteiger partial charge in [-0.1, -0.05) is 11.6 Å². The fourth-order valence-corrected chi connectivity index (χ4v) is 4.12. The van der Waals surface area contributed by atoms with E-state index in [1.165, 1.54) is 24.7 Å². The predicted octanol–water partition coefficient (Wildman–Crippen LogP) is 3.10. The molecule has 0 N–H and O–H groups in total. The molecule has 0 radical (unpaired) electrons. The number of hydrogen-bond donors (Lipinski definition) is 0. The summed E-state index contributed by atoms with van der Waals surface area (Å²) in [6.45, 7) is 3.67. The SMILES string of the molecule is CC(=O)N(Cc1cncnc1)C1CCCN(C(=O)CC2=CCCCC2)CC1. The summed E-state index contributed by atoms with van der Waals surface area (Å²) in [6.07, 6.45) is 15.2. The summed E-state index contributed by atoms with van der Waals surface area (Å²) in [5, 5.41) is 0. The molecule has 0 saturated carbocycles. The number of nitrogens with zero attached hydrogens (tertiary/aromatic N) is 4. The summed E-state index contributed by atoms with van der Waals surface area (Å²) in [7, 11) is 0. The highest BCUT2D eigenvalue weighted by atomic mass is 16.2. The lowest BCUT2D eigenvalue weighted by Gasteiger charge is -2.30. The third kappa shape index (κ3) is 5.62. The second-order valence-electron chi connectivity index (χ2n) is 7.64. The maximum Gasteiger partial charge on any atom is 0.226 e. The fourth-order valence-electron chi connectivity index (χ4n) is 4.12. The van der Waals surface area contributed by atoms with Gasteiger partial charge in [0.15, 0.2) is 0 Å². The minimum absolute atomic E-state index is 0.0657. The van der Waals surface area contributed by atoms with Gasteiger partial charge >= 0.3 is 0 Å². The molecule has 1 atom stereocenters. The molecule has 3 rings (SSSR count). The Morgan fingerprint density at radius 2 is 1.96 bits per heavy atom. The molecule has 2 amide bonds. The normalized spacial score (nSPS) is 20.6. The van der Waals surface area contributed by atoms with E-state index >= 15 is 0 Å². The van der Waals surface area contributed by atoms with Crippen molar-refractivity contribution in [2.75, 3.05) is 13.1 Å². The van der Waals surface area contributed by atoms with Gasteiger partial charge in [-0.2, -0.15) is 0 Å². The molecule has 1 aliphatic heterocycles. The third-order valence-electron chi connectivity index (χ3n) is 5.63. The number of aromatic nitrogens is 2. The van der Waals surface area contributed by atoms with E-state index in [9.17, 15) is 9.59 Å². The zero-order valence-electron chi connectivity index (χ0n) is 16.3. The van der Waals surface area contributed by atoms with Crippen molar-refractivity contribution in [3.8, 4) is 0 Å². The van der Waals surface area contributed by atoms with Crippen LogP contribution >= 0.6 is 0 Å². The average molecular weight is 370 g/mol. The smallest absolute Gasteiger partial charge is 0.226 e. The first-order valence-corrected chi connectivity index (χ1v) is 10.1. The molecule has 146 valence electrons. The summed E-state index contributed by atoms with van der Waals surface area (Å²) in [4.78, 5) is 36.9. The molecule has 2 heterocycles. The van der Waals surface area contributed by atoms with Crippen LogP contribution in [-0.4, -0.2) is 50.7 Å². The fraction of sp³-hybridized carbons (Fsp3) is 0.619. The number of amides is 2. The van der Waals surface area contributed by atoms with E-state index in [0.29, 0.717) is 13.0 Å². The van der Waals surface area contributed by atoms with Gasteiger partial charge in [0.25, 0.3) is 0 Å². The van der Waals surface area contributed by atoms with Crippen LogP contribution in [0.3, 0.4) is 0 Å². The van der Waals surface area contributed by atoms with Gasteiger partial charge in [-0.05, 0) is 44.9 Å². The molecule has 1 unspecified atom stereocenters. The van der Waals surface area contributed by atoms with Crippen LogP contribution in [0.25, 0.3) is 0 Å². The number of carbonyl (C=O) groups is 2. The summed E-state index contributed by atoms with van der Waals surface area (Å²) in [5.41, 5.74) is 2.25. The summed E-state index contributed by atoms with van der Waals surface area (Å²) in [6, 6.07) is 0.161. The molecule has 0 spiro atoms. The van der Waals surface area contributed by atoms with Crippen LogP contribution in [0.15, 0.2) is 30.4 Å². The van der Waals surface area contributed by atoms with Gasteiger partial charge in [-0.3, -0.25) is 9.59 Å². The molecule has 0 aromatic carbocycles. The second-order valence-corrected chi connectivity index (χ2v) is 7.64. The molecule has 1 aliphatic carbocycles. The van der Waals surface area contributed by atoms with Crippen LogP contribution < -0.4 is 0 Å². The second kappa shape index (κ2) is 9.62. The molecule has 1 aromatic rings. The molecule has 2 aliphatic rings. The lowest BCUT2D eigenvalue weighted by Crippen LogP contribution is -2.39. The summed E-state index contributed by atoms with van der Waals surface area (Å²) in [5.74, 6) is 0.311. The number of likely N-dealkylation sites (tertiary alicyclic amines) is 1. The monoisotopic (exact) mass is 370 g/mol. The first kappa shape index (κ1) is 19.5. The van der Waals surface area contributed by atoms with Gasteiger partial charge in [0.2, 0.25) is 11.8 Å². The van der Waals surface area contributed by atoms with Gasteiger partial charge in [0.05, 0.1) is 0 Å². The van der Waals surface area contributed by atoms with Crippen LogP contribution in [0.1, 0.15) is 63.9 Å². The molecule has 6 nitrogen and oxygen atoms in total. The maximum atomic E-state index is 12.7. The molecule has 27 heavy (non-hydrogen) atoms. The van der Waals surface area contributed by atoms with Gasteiger partial charge in [-0.15, -0.1) is 0 Å². The highest BCUT2D eigenvalue weighted by molar-refractivity contribution is 5.79. The molecule has 1 fully saturated rings. The number of hydrogen-bond acceptors (Lipinski definition) is 4. The third-order valence-corrected chi connectivity index (χ3v) is 5.63. The maximum absolute atomic E-state index is 12.7. The van der Waals surface area contributed by atoms with Crippen LogP contribution in [-0.2, 0) is 16.1 Å². The molecule has 0 bridgehead atoms. The minimum atomic E-state index is 0.0657. The molecule has 1 aromatic heterocycles. The van der Waals surface area contributed by atoms with Crippen molar-refractivity contribution in [2.24, 2.45) is 0 Å². The van der Waals surface area contributed by atoms with E-state index < -0.39 is 0 Å². The van der Waals surface area contributed by atoms with Crippen LogP contribution in [0, 0.1) is 0 Å². The Labute approximate surface area is 161 Å². The lowest BCUT2D eigenvalue weighted by atomic mass is 9.97. The minimum Gasteiger partial charge on any atom is -0.342 e. The molecular weight excluding hydrogens is 340 g/mol. The zero-order valence-corrected chi connectivity index (χ0v) is 16.3. The van der Waals surface area contributed by atoms with Crippen molar-refractivity contribution in [2.45, 2.75) is 70.9 Å². The van der Waals surface area contributed by atoms with E-state index in [1.807, 2.05) is 9.80 Å². The van der Waals surface area contributed by atoms with E-state index in [4.69, 9.17) is 0 Å². The summed E-state index contributed by atoms with van der Waals surface area (Å²) < 4.78 is 0. The highest BCUT2D eigenvalue weighted by Gasteiger charge is 2.26. The van der Waals surface area contributed by atoms with Crippen molar-refractivity contribution in [3.05, 3.63) is 35.9 Å². The Balaban J connectivity index is 1.58. The summed E-state index contributed by atoms with van der Waals surface area (Å²) >= 11 is 0. The zero-order chi connectivity index (χ0) is 19.1. The number of carbonyl (C=O) groups excluding carboxylic acids is 2. The van der Waals surface area contributed by atoms with Crippen LogP contribution in [0.2, 0.25) is 0 Å². The van der Waals surface area contributed by atoms with Crippen molar-refractivity contribution < 1.29 is 9.59 Å². The van der Waals surface area contributed by atoms with E-state index in [0.717, 1.165) is 50.8 Å². The number of rotatable bonds is 5. The Kier molecular flexibility index (Phi) is 6.96. The predicted molar refractivity (Wildman–Crippen MR) is 104 cm³/mol. The Morgan fingerprint density at radius 3 is 2.67 bits per heavy atom. The standard InChI is InChI=1S/C21H30N4O2/c1-17(26)25(15-19-13-22-16-23-14-19)20-8-5-10-24(11-9-20)21(27)12-18-6-3-2-4-7-18/h6,13-14,16,20H,2-5,7-12,15H2,1H3. The topological polar surface area (TPSA) is 66.4 Å². The molecular formula is C21H30N4O2. The first-order valence-electron chi connectivity index (χ1n) is 10.1. The van der Waals surface area contributed by atoms with Crippen molar-refractivity contribution >= 4 is 11.8 Å². The van der Waals surface area contributed by atoms with Gasteiger partial charge < -0.3 is 9.80 Å². The Hall–Kier alpha value is -2.24. The van der Waals surface area contributed by atoms with Gasteiger partial charge in [0.1, 0.15) is 6.33 Å². The lowest BCUT2D eigenvalue weighted by molar-refractivity contribution is -0.132. The quantitative estimate of drug-likeness (QED) is 0.747. The van der Waals surface area contributed by atoms with Crippen LogP contribution in [0.4, 0.5) is 0 Å². The van der Waals surface area contributed by atoms with Crippen molar-refractivity contribution in [3.63, 3.8) is 0 Å². The van der Waals surface area contributed by atoms with Crippen molar-refractivity contribution in [1.82, 2.24) is 19.8 Å².